The first-order chi connectivity index (χ1) is 13.3. The van der Waals surface area contributed by atoms with Crippen LogP contribution in [-0.4, -0.2) is 45.6 Å². The Balaban J connectivity index is 1.33. The molecule has 0 radical (unpaired) electrons. The molecule has 0 aliphatic carbocycles. The molecule has 1 N–H and O–H groups in total. The summed E-state index contributed by atoms with van der Waals surface area (Å²) in [4.78, 5) is 24.3. The highest BCUT2D eigenvalue weighted by molar-refractivity contribution is 7.13. The van der Waals surface area contributed by atoms with E-state index in [1.165, 1.54) is 0 Å². The van der Waals surface area contributed by atoms with Gasteiger partial charge in [0.1, 0.15) is 0 Å². The van der Waals surface area contributed by atoms with Crippen molar-refractivity contribution < 1.29 is 9.32 Å². The predicted molar refractivity (Wildman–Crippen MR) is 102 cm³/mol. The minimum Gasteiger partial charge on any atom is -0.339 e. The third-order valence-corrected chi connectivity index (χ3v) is 5.49. The molecule has 7 nitrogen and oxygen atoms in total. The summed E-state index contributed by atoms with van der Waals surface area (Å²) in [5.74, 6) is 1.35. The highest BCUT2D eigenvalue weighted by atomic mass is 32.1. The number of carbonyl (C=O) groups excluding carboxylic acids is 1. The van der Waals surface area contributed by atoms with Crippen LogP contribution in [0.4, 0.5) is 0 Å². The van der Waals surface area contributed by atoms with Gasteiger partial charge in [0.25, 0.3) is 0 Å². The molecule has 1 aliphatic rings. The number of carbonyl (C=O) groups is 1. The summed E-state index contributed by atoms with van der Waals surface area (Å²) in [7, 11) is 0. The van der Waals surface area contributed by atoms with Gasteiger partial charge in [-0.1, -0.05) is 17.3 Å². The van der Waals surface area contributed by atoms with E-state index in [0.717, 1.165) is 23.5 Å². The summed E-state index contributed by atoms with van der Waals surface area (Å²) >= 11 is 1.58. The van der Waals surface area contributed by atoms with E-state index >= 15 is 0 Å². The molecule has 4 heterocycles. The van der Waals surface area contributed by atoms with Crippen molar-refractivity contribution in [3.05, 3.63) is 53.5 Å². The van der Waals surface area contributed by atoms with Crippen LogP contribution in [0.15, 0.2) is 46.6 Å². The van der Waals surface area contributed by atoms with Crippen molar-refractivity contribution >= 4 is 17.2 Å². The largest absolute Gasteiger partial charge is 0.339 e. The lowest BCUT2D eigenvalue weighted by Crippen LogP contribution is -2.48. The van der Waals surface area contributed by atoms with Crippen molar-refractivity contribution in [3.63, 3.8) is 0 Å². The quantitative estimate of drug-likeness (QED) is 0.705. The fourth-order valence-corrected chi connectivity index (χ4v) is 3.92. The lowest BCUT2D eigenvalue weighted by molar-refractivity contribution is -0.134. The third-order valence-electron chi connectivity index (χ3n) is 4.62. The van der Waals surface area contributed by atoms with Crippen LogP contribution < -0.4 is 5.32 Å². The molecule has 1 saturated heterocycles. The van der Waals surface area contributed by atoms with Crippen LogP contribution >= 0.6 is 11.3 Å². The summed E-state index contributed by atoms with van der Waals surface area (Å²) in [6, 6.07) is 7.89. The number of rotatable bonds is 6. The van der Waals surface area contributed by atoms with Gasteiger partial charge in [0.2, 0.25) is 17.6 Å². The van der Waals surface area contributed by atoms with Crippen molar-refractivity contribution in [1.29, 1.82) is 0 Å². The summed E-state index contributed by atoms with van der Waals surface area (Å²) in [5, 5.41) is 9.36. The highest BCUT2D eigenvalue weighted by Crippen LogP contribution is 2.24. The maximum absolute atomic E-state index is 12.8. The average Bonchev–Trinajstić information content (AvgIpc) is 3.40. The fourth-order valence-electron chi connectivity index (χ4n) is 3.27. The van der Waals surface area contributed by atoms with Crippen LogP contribution in [0.25, 0.3) is 10.7 Å². The number of aryl methyl sites for hydroxylation is 1. The van der Waals surface area contributed by atoms with E-state index in [1.54, 1.807) is 17.5 Å². The van der Waals surface area contributed by atoms with Crippen molar-refractivity contribution in [2.24, 2.45) is 0 Å². The molecule has 4 rings (SSSR count). The van der Waals surface area contributed by atoms with Gasteiger partial charge in [-0.25, -0.2) is 0 Å². The van der Waals surface area contributed by atoms with E-state index < -0.39 is 0 Å². The molecule has 0 spiro atoms. The number of thiophene rings is 1. The van der Waals surface area contributed by atoms with Gasteiger partial charge in [-0.2, -0.15) is 4.98 Å². The second-order valence-electron chi connectivity index (χ2n) is 6.44. The van der Waals surface area contributed by atoms with Crippen LogP contribution in [0.3, 0.4) is 0 Å². The van der Waals surface area contributed by atoms with E-state index in [1.807, 2.05) is 40.7 Å². The SMILES string of the molecule is O=C(CCCc1nc(-c2cccs2)no1)N1CCNCC1c1cccnc1. The molecule has 1 amide bonds. The van der Waals surface area contributed by atoms with Gasteiger partial charge in [0, 0.05) is 44.9 Å². The number of aromatic nitrogens is 3. The Labute approximate surface area is 161 Å². The minimum atomic E-state index is 0.0359. The van der Waals surface area contributed by atoms with Gasteiger partial charge in [-0.05, 0) is 29.5 Å². The van der Waals surface area contributed by atoms with Crippen molar-refractivity contribution in [2.45, 2.75) is 25.3 Å². The number of piperazine rings is 1. The maximum Gasteiger partial charge on any atom is 0.226 e. The maximum atomic E-state index is 12.8. The Kier molecular flexibility index (Phi) is 5.55. The molecule has 140 valence electrons. The summed E-state index contributed by atoms with van der Waals surface area (Å²) in [6.07, 6.45) is 5.35. The molecular weight excluding hydrogens is 362 g/mol. The molecule has 0 aromatic carbocycles. The van der Waals surface area contributed by atoms with Gasteiger partial charge >= 0.3 is 0 Å². The standard InChI is InChI=1S/C19H21N5O2S/c25-18(24-10-9-21-13-15(24)14-4-2-8-20-12-14)7-1-6-17-22-19(23-26-17)16-5-3-11-27-16/h2-5,8,11-12,15,21H,1,6-7,9-10,13H2. The fraction of sp³-hybridized carbons (Fsp3) is 0.368. The van der Waals surface area contributed by atoms with Crippen LogP contribution in [0.2, 0.25) is 0 Å². The summed E-state index contributed by atoms with van der Waals surface area (Å²) in [6.45, 7) is 2.28. The first-order valence-corrected chi connectivity index (χ1v) is 9.96. The van der Waals surface area contributed by atoms with Crippen LogP contribution in [0.1, 0.15) is 30.3 Å². The Morgan fingerprint density at radius 3 is 3.15 bits per heavy atom. The highest BCUT2D eigenvalue weighted by Gasteiger charge is 2.27. The Morgan fingerprint density at radius 1 is 1.37 bits per heavy atom. The van der Waals surface area contributed by atoms with Gasteiger partial charge in [-0.15, -0.1) is 11.3 Å². The third kappa shape index (κ3) is 4.23. The lowest BCUT2D eigenvalue weighted by Gasteiger charge is -2.36. The van der Waals surface area contributed by atoms with Gasteiger partial charge in [-0.3, -0.25) is 9.78 Å². The molecule has 3 aromatic rings. The van der Waals surface area contributed by atoms with E-state index in [4.69, 9.17) is 4.52 Å². The molecule has 1 fully saturated rings. The normalized spacial score (nSPS) is 17.2. The topological polar surface area (TPSA) is 84.2 Å². The van der Waals surface area contributed by atoms with Crippen molar-refractivity contribution in [2.75, 3.05) is 19.6 Å². The van der Waals surface area contributed by atoms with Gasteiger partial charge in [0.05, 0.1) is 10.9 Å². The Morgan fingerprint density at radius 2 is 2.33 bits per heavy atom. The monoisotopic (exact) mass is 383 g/mol. The second-order valence-corrected chi connectivity index (χ2v) is 7.38. The first-order valence-electron chi connectivity index (χ1n) is 9.08. The number of amides is 1. The predicted octanol–water partition coefficient (Wildman–Crippen LogP) is 2.69. The van der Waals surface area contributed by atoms with Crippen LogP contribution in [-0.2, 0) is 11.2 Å². The molecule has 1 atom stereocenters. The van der Waals surface area contributed by atoms with Crippen molar-refractivity contribution in [1.82, 2.24) is 25.3 Å². The first kappa shape index (κ1) is 17.8. The molecule has 0 saturated carbocycles. The van der Waals surface area contributed by atoms with Gasteiger partial charge < -0.3 is 14.7 Å². The van der Waals surface area contributed by atoms with E-state index in [0.29, 0.717) is 37.5 Å². The van der Waals surface area contributed by atoms with Gasteiger partial charge in [0.15, 0.2) is 0 Å². The Bertz CT molecular complexity index is 865. The minimum absolute atomic E-state index is 0.0359. The van der Waals surface area contributed by atoms with E-state index in [9.17, 15) is 4.79 Å². The van der Waals surface area contributed by atoms with Crippen LogP contribution in [0, 0.1) is 0 Å². The molecule has 27 heavy (non-hydrogen) atoms. The number of nitrogens with one attached hydrogen (secondary N) is 1. The molecule has 8 heteroatoms. The molecule has 0 bridgehead atoms. The Hall–Kier alpha value is -2.58. The average molecular weight is 383 g/mol. The number of nitrogens with zero attached hydrogens (tertiary/aromatic N) is 4. The molecule has 3 aromatic heterocycles. The van der Waals surface area contributed by atoms with E-state index in [2.05, 4.69) is 20.4 Å². The number of pyridine rings is 1. The number of hydrogen-bond donors (Lipinski definition) is 1. The zero-order chi connectivity index (χ0) is 18.5. The van der Waals surface area contributed by atoms with Crippen LogP contribution in [0.5, 0.6) is 0 Å². The number of hydrogen-bond acceptors (Lipinski definition) is 7. The lowest BCUT2D eigenvalue weighted by atomic mass is 10.0. The van der Waals surface area contributed by atoms with Crippen molar-refractivity contribution in [3.8, 4) is 10.7 Å². The zero-order valence-corrected chi connectivity index (χ0v) is 15.7. The summed E-state index contributed by atoms with van der Waals surface area (Å²) in [5.41, 5.74) is 1.07. The molecule has 1 aliphatic heterocycles. The smallest absolute Gasteiger partial charge is 0.226 e. The molecule has 1 unspecified atom stereocenters. The van der Waals surface area contributed by atoms with E-state index in [-0.39, 0.29) is 11.9 Å². The zero-order valence-electron chi connectivity index (χ0n) is 14.9. The summed E-state index contributed by atoms with van der Waals surface area (Å²) < 4.78 is 5.31. The second kappa shape index (κ2) is 8.41. The molecular formula is C19H21N5O2S.